The van der Waals surface area contributed by atoms with E-state index in [2.05, 4.69) is 36.2 Å². The summed E-state index contributed by atoms with van der Waals surface area (Å²) in [5.74, 6) is 5.51. The third-order valence-corrected chi connectivity index (χ3v) is 2.13. The third-order valence-electron chi connectivity index (χ3n) is 2.13. The molecule has 4 heteroatoms. The first-order chi connectivity index (χ1) is 6.45. The molecule has 0 saturated heterocycles. The molecule has 0 fully saturated rings. The zero-order valence-corrected chi connectivity index (χ0v) is 9.20. The molecule has 0 aromatic carbocycles. The number of nitrogens with two attached hydrogens (primary N) is 1. The molecule has 1 heterocycles. The van der Waals surface area contributed by atoms with Crippen LogP contribution in [0.4, 0.5) is 0 Å². The third kappa shape index (κ3) is 2.49. The van der Waals surface area contributed by atoms with Crippen LogP contribution in [-0.4, -0.2) is 9.97 Å². The van der Waals surface area contributed by atoms with E-state index in [9.17, 15) is 0 Å². The van der Waals surface area contributed by atoms with Crippen molar-refractivity contribution < 1.29 is 0 Å². The van der Waals surface area contributed by atoms with Crippen molar-refractivity contribution in [2.75, 3.05) is 0 Å². The molecule has 0 amide bonds. The zero-order chi connectivity index (χ0) is 10.8. The Morgan fingerprint density at radius 2 is 1.93 bits per heavy atom. The predicted molar refractivity (Wildman–Crippen MR) is 56.3 cm³/mol. The molecule has 0 saturated carbocycles. The second-order valence-corrected chi connectivity index (χ2v) is 4.55. The van der Waals surface area contributed by atoms with Crippen molar-refractivity contribution in [2.45, 2.75) is 33.7 Å². The van der Waals surface area contributed by atoms with Crippen LogP contribution in [0.5, 0.6) is 0 Å². The van der Waals surface area contributed by atoms with Crippen molar-refractivity contribution in [1.82, 2.24) is 15.4 Å². The fourth-order valence-corrected chi connectivity index (χ4v) is 1.33. The van der Waals surface area contributed by atoms with Crippen LogP contribution in [0, 0.1) is 12.3 Å². The van der Waals surface area contributed by atoms with Crippen molar-refractivity contribution in [3.05, 3.63) is 23.8 Å². The average Bonchev–Trinajstić information content (AvgIpc) is 2.07. The van der Waals surface area contributed by atoms with Gasteiger partial charge in [-0.1, -0.05) is 20.8 Å². The molecule has 1 rings (SSSR count). The van der Waals surface area contributed by atoms with E-state index in [1.54, 1.807) is 12.4 Å². The monoisotopic (exact) mass is 194 g/mol. The number of nitrogens with zero attached hydrogens (tertiary/aromatic N) is 2. The summed E-state index contributed by atoms with van der Waals surface area (Å²) in [6, 6.07) is 0.0237. The van der Waals surface area contributed by atoms with Crippen LogP contribution < -0.4 is 11.3 Å². The van der Waals surface area contributed by atoms with Crippen molar-refractivity contribution in [2.24, 2.45) is 11.3 Å². The van der Waals surface area contributed by atoms with Gasteiger partial charge in [0.1, 0.15) is 0 Å². The summed E-state index contributed by atoms with van der Waals surface area (Å²) in [7, 11) is 0. The van der Waals surface area contributed by atoms with Crippen molar-refractivity contribution in [1.29, 1.82) is 0 Å². The van der Waals surface area contributed by atoms with Crippen LogP contribution in [0.2, 0.25) is 0 Å². The molecular formula is C10H18N4. The van der Waals surface area contributed by atoms with Crippen LogP contribution >= 0.6 is 0 Å². The number of hydrogen-bond donors (Lipinski definition) is 2. The van der Waals surface area contributed by atoms with Gasteiger partial charge in [0.05, 0.1) is 23.6 Å². The molecule has 4 nitrogen and oxygen atoms in total. The van der Waals surface area contributed by atoms with Crippen LogP contribution in [0.1, 0.15) is 38.2 Å². The molecule has 78 valence electrons. The van der Waals surface area contributed by atoms with Gasteiger partial charge in [-0.05, 0) is 12.3 Å². The average molecular weight is 194 g/mol. The summed E-state index contributed by atoms with van der Waals surface area (Å²) >= 11 is 0. The fourth-order valence-electron chi connectivity index (χ4n) is 1.33. The lowest BCUT2D eigenvalue weighted by Crippen LogP contribution is -2.37. The molecule has 0 aliphatic rings. The quantitative estimate of drug-likeness (QED) is 0.551. The van der Waals surface area contributed by atoms with Gasteiger partial charge in [-0.15, -0.1) is 0 Å². The molecule has 3 N–H and O–H groups in total. The van der Waals surface area contributed by atoms with E-state index in [-0.39, 0.29) is 11.5 Å². The highest BCUT2D eigenvalue weighted by atomic mass is 15.2. The SMILES string of the molecule is Cc1cnc(C(NN)C(C)(C)C)cn1. The minimum absolute atomic E-state index is 0.0237. The smallest absolute Gasteiger partial charge is 0.0775 e. The lowest BCUT2D eigenvalue weighted by atomic mass is 9.85. The molecule has 1 aromatic heterocycles. The Balaban J connectivity index is 2.96. The van der Waals surface area contributed by atoms with Gasteiger partial charge < -0.3 is 0 Å². The zero-order valence-electron chi connectivity index (χ0n) is 9.20. The van der Waals surface area contributed by atoms with E-state index >= 15 is 0 Å². The number of nitrogens with one attached hydrogen (secondary N) is 1. The van der Waals surface area contributed by atoms with Crippen molar-refractivity contribution >= 4 is 0 Å². The van der Waals surface area contributed by atoms with Gasteiger partial charge in [-0.2, -0.15) is 0 Å². The van der Waals surface area contributed by atoms with E-state index in [1.807, 2.05) is 6.92 Å². The summed E-state index contributed by atoms with van der Waals surface area (Å²) < 4.78 is 0. The Morgan fingerprint density at radius 3 is 2.29 bits per heavy atom. The lowest BCUT2D eigenvalue weighted by Gasteiger charge is -2.29. The van der Waals surface area contributed by atoms with Gasteiger partial charge in [0.15, 0.2) is 0 Å². The molecule has 1 unspecified atom stereocenters. The minimum atomic E-state index is 0.0237. The van der Waals surface area contributed by atoms with E-state index in [0.717, 1.165) is 11.4 Å². The molecule has 0 spiro atoms. The molecule has 14 heavy (non-hydrogen) atoms. The Labute approximate surface area is 84.9 Å². The van der Waals surface area contributed by atoms with Crippen LogP contribution in [0.15, 0.2) is 12.4 Å². The van der Waals surface area contributed by atoms with Gasteiger partial charge in [-0.3, -0.25) is 21.2 Å². The van der Waals surface area contributed by atoms with E-state index < -0.39 is 0 Å². The first-order valence-corrected chi connectivity index (χ1v) is 4.70. The Hall–Kier alpha value is -1.00. The van der Waals surface area contributed by atoms with E-state index in [4.69, 9.17) is 5.84 Å². The number of aromatic nitrogens is 2. The maximum absolute atomic E-state index is 5.51. The maximum atomic E-state index is 5.51. The van der Waals surface area contributed by atoms with Gasteiger partial charge in [0.25, 0.3) is 0 Å². The van der Waals surface area contributed by atoms with Crippen molar-refractivity contribution in [3.8, 4) is 0 Å². The highest BCUT2D eigenvalue weighted by Gasteiger charge is 2.26. The lowest BCUT2D eigenvalue weighted by molar-refractivity contribution is 0.269. The Morgan fingerprint density at radius 1 is 1.29 bits per heavy atom. The molecule has 1 atom stereocenters. The second-order valence-electron chi connectivity index (χ2n) is 4.55. The number of hydrazine groups is 1. The maximum Gasteiger partial charge on any atom is 0.0775 e. The highest BCUT2D eigenvalue weighted by molar-refractivity contribution is 5.08. The van der Waals surface area contributed by atoms with Crippen molar-refractivity contribution in [3.63, 3.8) is 0 Å². The minimum Gasteiger partial charge on any atom is -0.271 e. The molecular weight excluding hydrogens is 176 g/mol. The predicted octanol–water partition coefficient (Wildman–Crippen LogP) is 1.34. The summed E-state index contributed by atoms with van der Waals surface area (Å²) in [5.41, 5.74) is 4.60. The normalized spacial score (nSPS) is 14.1. The molecule has 0 aliphatic carbocycles. The largest absolute Gasteiger partial charge is 0.271 e. The van der Waals surface area contributed by atoms with E-state index in [1.165, 1.54) is 0 Å². The molecule has 1 aromatic rings. The highest BCUT2D eigenvalue weighted by Crippen LogP contribution is 2.30. The Kier molecular flexibility index (Phi) is 3.18. The Bertz CT molecular complexity index is 286. The first-order valence-electron chi connectivity index (χ1n) is 4.70. The summed E-state index contributed by atoms with van der Waals surface area (Å²) in [6.07, 6.45) is 3.52. The van der Waals surface area contributed by atoms with Gasteiger partial charge in [-0.25, -0.2) is 0 Å². The molecule has 0 aliphatic heterocycles. The van der Waals surface area contributed by atoms with Gasteiger partial charge in [0.2, 0.25) is 0 Å². The standard InChI is InChI=1S/C10H18N4/c1-7-5-13-8(6-12-7)9(14-11)10(2,3)4/h5-6,9,14H,11H2,1-4H3. The summed E-state index contributed by atoms with van der Waals surface area (Å²) in [6.45, 7) is 8.25. The summed E-state index contributed by atoms with van der Waals surface area (Å²) in [5, 5.41) is 0. The van der Waals surface area contributed by atoms with Crippen LogP contribution in [0.3, 0.4) is 0 Å². The first kappa shape index (κ1) is 11.1. The summed E-state index contributed by atoms with van der Waals surface area (Å²) in [4.78, 5) is 8.51. The fraction of sp³-hybridized carbons (Fsp3) is 0.600. The van der Waals surface area contributed by atoms with E-state index in [0.29, 0.717) is 0 Å². The van der Waals surface area contributed by atoms with Gasteiger partial charge in [0, 0.05) is 6.20 Å². The number of hydrogen-bond acceptors (Lipinski definition) is 4. The molecule has 0 radical (unpaired) electrons. The number of rotatable bonds is 2. The number of aryl methyl sites for hydroxylation is 1. The van der Waals surface area contributed by atoms with Crippen LogP contribution in [0.25, 0.3) is 0 Å². The topological polar surface area (TPSA) is 63.8 Å². The van der Waals surface area contributed by atoms with Gasteiger partial charge >= 0.3 is 0 Å². The second kappa shape index (κ2) is 4.02. The van der Waals surface area contributed by atoms with Crippen LogP contribution in [-0.2, 0) is 0 Å². The molecule has 0 bridgehead atoms.